The lowest BCUT2D eigenvalue weighted by molar-refractivity contribution is -0.135. The molecule has 8 heteroatoms. The molecule has 0 atom stereocenters. The second-order valence-corrected chi connectivity index (χ2v) is 5.75. The molecule has 7 nitrogen and oxygen atoms in total. The van der Waals surface area contributed by atoms with Gasteiger partial charge in [0.2, 0.25) is 5.91 Å². The molecule has 3 rings (SSSR count). The fraction of sp³-hybridized carbons (Fsp3) is 0.438. The summed E-state index contributed by atoms with van der Waals surface area (Å²) in [4.78, 5) is 38.4. The smallest absolute Gasteiger partial charge is 0.324 e. The van der Waals surface area contributed by atoms with Gasteiger partial charge < -0.3 is 15.0 Å². The second-order valence-electron chi connectivity index (χ2n) is 5.75. The molecule has 0 radical (unpaired) electrons. The van der Waals surface area contributed by atoms with Crippen molar-refractivity contribution in [2.45, 2.75) is 18.9 Å². The number of rotatable bonds is 4. The first-order valence-corrected chi connectivity index (χ1v) is 7.81. The predicted octanol–water partition coefficient (Wildman–Crippen LogP) is 0.747. The summed E-state index contributed by atoms with van der Waals surface area (Å²) in [7, 11) is 0. The van der Waals surface area contributed by atoms with Gasteiger partial charge in [0.25, 0.3) is 5.91 Å². The van der Waals surface area contributed by atoms with Crippen molar-refractivity contribution in [3.8, 4) is 5.75 Å². The van der Waals surface area contributed by atoms with Crippen LogP contribution >= 0.6 is 0 Å². The monoisotopic (exact) mass is 335 g/mol. The minimum absolute atomic E-state index is 0.0362. The molecular formula is C16H18FN3O4. The van der Waals surface area contributed by atoms with Gasteiger partial charge in [-0.25, -0.2) is 9.18 Å². The van der Waals surface area contributed by atoms with E-state index in [-0.39, 0.29) is 42.8 Å². The van der Waals surface area contributed by atoms with Crippen molar-refractivity contribution in [3.63, 3.8) is 0 Å². The second kappa shape index (κ2) is 6.86. The first-order valence-electron chi connectivity index (χ1n) is 7.81. The summed E-state index contributed by atoms with van der Waals surface area (Å²) >= 11 is 0. The number of ether oxygens (including phenoxy) is 1. The number of nitrogens with one attached hydrogen (secondary N) is 1. The molecule has 4 amide bonds. The largest absolute Gasteiger partial charge is 0.481 e. The van der Waals surface area contributed by atoms with Crippen molar-refractivity contribution in [2.24, 2.45) is 0 Å². The molecule has 24 heavy (non-hydrogen) atoms. The molecule has 0 aliphatic carbocycles. The number of imide groups is 1. The Morgan fingerprint density at radius 1 is 1.25 bits per heavy atom. The Hall–Kier alpha value is -2.64. The van der Waals surface area contributed by atoms with Crippen LogP contribution in [0.4, 0.5) is 9.18 Å². The number of piperidine rings is 1. The number of hydrogen-bond donors (Lipinski definition) is 1. The van der Waals surface area contributed by atoms with E-state index in [1.54, 1.807) is 17.0 Å². The van der Waals surface area contributed by atoms with Crippen LogP contribution in [-0.4, -0.2) is 59.9 Å². The quantitative estimate of drug-likeness (QED) is 0.824. The van der Waals surface area contributed by atoms with Gasteiger partial charge in [0.1, 0.15) is 0 Å². The number of hydrogen-bond acceptors (Lipinski definition) is 4. The number of benzene rings is 1. The lowest BCUT2D eigenvalue weighted by atomic mass is 10.0. The van der Waals surface area contributed by atoms with E-state index in [0.717, 1.165) is 0 Å². The highest BCUT2D eigenvalue weighted by Gasteiger charge is 2.37. The zero-order valence-corrected chi connectivity index (χ0v) is 13.0. The topological polar surface area (TPSA) is 79.0 Å². The third-order valence-electron chi connectivity index (χ3n) is 4.25. The standard InChI is InChI=1S/C16H18FN3O4/c17-12-3-1-2-4-13(12)24-10-15(22)19-7-5-11(6-8-19)20-14(21)9-18-16(20)23/h1-4,11H,5-10H2,(H,18,23). The molecule has 2 aliphatic rings. The van der Waals surface area contributed by atoms with Crippen LogP contribution in [0.15, 0.2) is 24.3 Å². The van der Waals surface area contributed by atoms with Crippen LogP contribution in [0.1, 0.15) is 12.8 Å². The normalized spacial score (nSPS) is 18.7. The average molecular weight is 335 g/mol. The van der Waals surface area contributed by atoms with Gasteiger partial charge in [-0.1, -0.05) is 12.1 Å². The van der Waals surface area contributed by atoms with Crippen LogP contribution in [0, 0.1) is 5.82 Å². The highest BCUT2D eigenvalue weighted by Crippen LogP contribution is 2.20. The summed E-state index contributed by atoms with van der Waals surface area (Å²) in [5.74, 6) is -0.941. The van der Waals surface area contributed by atoms with Gasteiger partial charge in [0.15, 0.2) is 18.2 Å². The maximum absolute atomic E-state index is 13.5. The first-order chi connectivity index (χ1) is 11.6. The van der Waals surface area contributed by atoms with E-state index in [9.17, 15) is 18.8 Å². The average Bonchev–Trinajstić information content (AvgIpc) is 2.93. The third-order valence-corrected chi connectivity index (χ3v) is 4.25. The van der Waals surface area contributed by atoms with Crippen LogP contribution in [0.5, 0.6) is 5.75 Å². The molecular weight excluding hydrogens is 317 g/mol. The van der Waals surface area contributed by atoms with Gasteiger partial charge in [0, 0.05) is 19.1 Å². The lowest BCUT2D eigenvalue weighted by Gasteiger charge is -2.35. The van der Waals surface area contributed by atoms with Crippen LogP contribution in [-0.2, 0) is 9.59 Å². The summed E-state index contributed by atoms with van der Waals surface area (Å²) in [6, 6.07) is 5.36. The Morgan fingerprint density at radius 3 is 2.58 bits per heavy atom. The molecule has 1 N–H and O–H groups in total. The fourth-order valence-corrected chi connectivity index (χ4v) is 2.97. The van der Waals surface area contributed by atoms with Crippen LogP contribution < -0.4 is 10.1 Å². The predicted molar refractivity (Wildman–Crippen MR) is 81.7 cm³/mol. The minimum Gasteiger partial charge on any atom is -0.481 e. The Kier molecular flexibility index (Phi) is 4.64. The molecule has 2 aliphatic heterocycles. The van der Waals surface area contributed by atoms with Crippen LogP contribution in [0.3, 0.4) is 0 Å². The van der Waals surface area contributed by atoms with E-state index in [2.05, 4.69) is 5.32 Å². The molecule has 2 fully saturated rings. The molecule has 0 unspecified atom stereocenters. The number of carbonyl (C=O) groups is 3. The van der Waals surface area contributed by atoms with E-state index < -0.39 is 5.82 Å². The zero-order chi connectivity index (χ0) is 17.1. The van der Waals surface area contributed by atoms with Gasteiger partial charge in [-0.3, -0.25) is 14.5 Å². The molecule has 0 aromatic heterocycles. The van der Waals surface area contributed by atoms with Gasteiger partial charge in [0.05, 0.1) is 6.54 Å². The zero-order valence-electron chi connectivity index (χ0n) is 13.0. The SMILES string of the molecule is O=C(COc1ccccc1F)N1CCC(N2C(=O)CNC2=O)CC1. The Morgan fingerprint density at radius 2 is 1.96 bits per heavy atom. The number of nitrogens with zero attached hydrogens (tertiary/aromatic N) is 2. The highest BCUT2D eigenvalue weighted by atomic mass is 19.1. The summed E-state index contributed by atoms with van der Waals surface area (Å²) in [5, 5.41) is 2.50. The molecule has 2 heterocycles. The maximum atomic E-state index is 13.5. The van der Waals surface area contributed by atoms with Crippen molar-refractivity contribution in [3.05, 3.63) is 30.1 Å². The molecule has 2 saturated heterocycles. The molecule has 0 spiro atoms. The Bertz CT molecular complexity index is 642. The molecule has 1 aromatic rings. The number of likely N-dealkylation sites (tertiary alicyclic amines) is 1. The van der Waals surface area contributed by atoms with Crippen LogP contribution in [0.25, 0.3) is 0 Å². The van der Waals surface area contributed by atoms with Gasteiger partial charge in [-0.15, -0.1) is 0 Å². The van der Waals surface area contributed by atoms with Crippen molar-refractivity contribution in [1.29, 1.82) is 0 Å². The lowest BCUT2D eigenvalue weighted by Crippen LogP contribution is -2.49. The number of halogens is 1. The van der Waals surface area contributed by atoms with E-state index in [1.165, 1.54) is 17.0 Å². The first kappa shape index (κ1) is 16.2. The molecule has 0 saturated carbocycles. The molecule has 128 valence electrons. The summed E-state index contributed by atoms with van der Waals surface area (Å²) in [5.41, 5.74) is 0. The number of carbonyl (C=O) groups excluding carboxylic acids is 3. The van der Waals surface area contributed by atoms with E-state index in [0.29, 0.717) is 25.9 Å². The van der Waals surface area contributed by atoms with E-state index in [4.69, 9.17) is 4.74 Å². The van der Waals surface area contributed by atoms with E-state index in [1.807, 2.05) is 0 Å². The van der Waals surface area contributed by atoms with Gasteiger partial charge in [-0.05, 0) is 25.0 Å². The third kappa shape index (κ3) is 3.32. The van der Waals surface area contributed by atoms with E-state index >= 15 is 0 Å². The fourth-order valence-electron chi connectivity index (χ4n) is 2.97. The molecule has 1 aromatic carbocycles. The van der Waals surface area contributed by atoms with Gasteiger partial charge in [-0.2, -0.15) is 0 Å². The van der Waals surface area contributed by atoms with Crippen molar-refractivity contribution in [1.82, 2.24) is 15.1 Å². The Balaban J connectivity index is 1.49. The van der Waals surface area contributed by atoms with Crippen molar-refractivity contribution >= 4 is 17.8 Å². The summed E-state index contributed by atoms with van der Waals surface area (Å²) in [6.07, 6.45) is 1.06. The van der Waals surface area contributed by atoms with Crippen molar-refractivity contribution in [2.75, 3.05) is 26.2 Å². The van der Waals surface area contributed by atoms with Gasteiger partial charge >= 0.3 is 6.03 Å². The number of amides is 4. The molecule has 0 bridgehead atoms. The summed E-state index contributed by atoms with van der Waals surface area (Å²) < 4.78 is 18.7. The van der Waals surface area contributed by atoms with Crippen LogP contribution in [0.2, 0.25) is 0 Å². The number of urea groups is 1. The summed E-state index contributed by atoms with van der Waals surface area (Å²) in [6.45, 7) is 0.658. The highest BCUT2D eigenvalue weighted by molar-refractivity contribution is 6.02. The minimum atomic E-state index is -0.512. The maximum Gasteiger partial charge on any atom is 0.324 e. The number of para-hydroxylation sites is 1. The van der Waals surface area contributed by atoms with Crippen molar-refractivity contribution < 1.29 is 23.5 Å². The Labute approximate surface area is 138 Å².